The molecule has 2 rings (SSSR count). The van der Waals surface area contributed by atoms with E-state index in [-0.39, 0.29) is 23.6 Å². The third kappa shape index (κ3) is 4.50. The summed E-state index contributed by atoms with van der Waals surface area (Å²) in [6.07, 6.45) is 0.718. The summed E-state index contributed by atoms with van der Waals surface area (Å²) >= 11 is 18.9. The molecule has 0 amide bonds. The Kier molecular flexibility index (Phi) is 6.80. The SMILES string of the molecule is CCC(CO)Nc1c(Cl)c(C)nc(Oc2c(C)cc(Cl)cc2C)c1Cl. The molecule has 0 bridgehead atoms. The van der Waals surface area contributed by atoms with Crippen LogP contribution in [0.2, 0.25) is 15.1 Å². The van der Waals surface area contributed by atoms with Gasteiger partial charge in [0.2, 0.25) is 5.88 Å². The number of halogens is 3. The van der Waals surface area contributed by atoms with Crippen LogP contribution in [0.5, 0.6) is 11.6 Å². The van der Waals surface area contributed by atoms with E-state index in [4.69, 9.17) is 39.5 Å². The van der Waals surface area contributed by atoms with Gasteiger partial charge < -0.3 is 15.2 Å². The van der Waals surface area contributed by atoms with Crippen molar-refractivity contribution in [3.8, 4) is 11.6 Å². The monoisotopic (exact) mass is 402 g/mol. The van der Waals surface area contributed by atoms with Crippen molar-refractivity contribution in [3.05, 3.63) is 44.0 Å². The van der Waals surface area contributed by atoms with Crippen LogP contribution >= 0.6 is 34.8 Å². The molecule has 25 heavy (non-hydrogen) atoms. The number of pyridine rings is 1. The summed E-state index contributed by atoms with van der Waals surface area (Å²) in [5, 5.41) is 13.9. The van der Waals surface area contributed by atoms with Crippen LogP contribution < -0.4 is 10.1 Å². The molecule has 2 N–H and O–H groups in total. The molecule has 4 nitrogen and oxygen atoms in total. The number of benzene rings is 1. The molecule has 136 valence electrons. The second-order valence-corrected chi connectivity index (χ2v) is 7.10. The van der Waals surface area contributed by atoms with Gasteiger partial charge in [-0.25, -0.2) is 4.98 Å². The van der Waals surface area contributed by atoms with Crippen molar-refractivity contribution in [2.75, 3.05) is 11.9 Å². The van der Waals surface area contributed by atoms with E-state index in [9.17, 15) is 5.11 Å². The van der Waals surface area contributed by atoms with E-state index >= 15 is 0 Å². The second kappa shape index (κ2) is 8.45. The highest BCUT2D eigenvalue weighted by Crippen LogP contribution is 2.41. The van der Waals surface area contributed by atoms with E-state index in [1.807, 2.05) is 32.9 Å². The maximum Gasteiger partial charge on any atom is 0.240 e. The minimum atomic E-state index is -0.163. The Morgan fingerprint density at radius 2 is 1.72 bits per heavy atom. The van der Waals surface area contributed by atoms with Gasteiger partial charge in [-0.2, -0.15) is 0 Å². The van der Waals surface area contributed by atoms with Crippen LogP contribution in [0.15, 0.2) is 12.1 Å². The van der Waals surface area contributed by atoms with E-state index in [0.29, 0.717) is 27.2 Å². The van der Waals surface area contributed by atoms with Crippen LogP contribution in [-0.4, -0.2) is 22.7 Å². The minimum Gasteiger partial charge on any atom is -0.437 e. The van der Waals surface area contributed by atoms with Gasteiger partial charge in [-0.05, 0) is 50.5 Å². The molecule has 0 radical (unpaired) electrons. The number of nitrogens with one attached hydrogen (secondary N) is 1. The third-order valence-electron chi connectivity index (χ3n) is 3.90. The topological polar surface area (TPSA) is 54.4 Å². The molecule has 1 atom stereocenters. The lowest BCUT2D eigenvalue weighted by atomic mass is 10.1. The Labute approximate surface area is 163 Å². The molecule has 0 aliphatic carbocycles. The highest BCUT2D eigenvalue weighted by Gasteiger charge is 2.20. The van der Waals surface area contributed by atoms with Crippen molar-refractivity contribution in [1.82, 2.24) is 4.98 Å². The summed E-state index contributed by atoms with van der Waals surface area (Å²) in [6.45, 7) is 7.52. The van der Waals surface area contributed by atoms with E-state index in [0.717, 1.165) is 17.5 Å². The standard InChI is InChI=1S/C18H21Cl3N2O2/c1-5-13(8-24)23-16-14(20)11(4)22-18(15(16)21)25-17-9(2)6-12(19)7-10(17)3/h6-7,13,24H,5,8H2,1-4H3,(H,22,23). The van der Waals surface area contributed by atoms with E-state index in [1.165, 1.54) is 0 Å². The summed E-state index contributed by atoms with van der Waals surface area (Å²) in [6, 6.07) is 3.47. The molecule has 1 aromatic carbocycles. The summed E-state index contributed by atoms with van der Waals surface area (Å²) in [5.74, 6) is 0.910. The van der Waals surface area contributed by atoms with Gasteiger partial charge in [-0.1, -0.05) is 41.7 Å². The maximum atomic E-state index is 9.43. The lowest BCUT2D eigenvalue weighted by Crippen LogP contribution is -2.23. The smallest absolute Gasteiger partial charge is 0.240 e. The Morgan fingerprint density at radius 1 is 1.12 bits per heavy atom. The summed E-state index contributed by atoms with van der Waals surface area (Å²) < 4.78 is 5.99. The zero-order chi connectivity index (χ0) is 18.7. The van der Waals surface area contributed by atoms with Gasteiger partial charge in [0.25, 0.3) is 0 Å². The van der Waals surface area contributed by atoms with Gasteiger partial charge in [-0.3, -0.25) is 0 Å². The molecule has 0 saturated heterocycles. The van der Waals surface area contributed by atoms with Crippen LogP contribution in [0.3, 0.4) is 0 Å². The molecular weight excluding hydrogens is 383 g/mol. The van der Waals surface area contributed by atoms with E-state index < -0.39 is 0 Å². The van der Waals surface area contributed by atoms with Gasteiger partial charge in [0.1, 0.15) is 10.8 Å². The van der Waals surface area contributed by atoms with Gasteiger partial charge >= 0.3 is 0 Å². The minimum absolute atomic E-state index is 0.0316. The third-order valence-corrected chi connectivity index (χ3v) is 4.93. The number of anilines is 1. The summed E-state index contributed by atoms with van der Waals surface area (Å²) in [7, 11) is 0. The normalized spacial score (nSPS) is 12.2. The molecule has 1 heterocycles. The fourth-order valence-corrected chi connectivity index (χ4v) is 3.26. The van der Waals surface area contributed by atoms with Crippen LogP contribution in [0.4, 0.5) is 5.69 Å². The van der Waals surface area contributed by atoms with Gasteiger partial charge in [0.05, 0.1) is 23.0 Å². The van der Waals surface area contributed by atoms with Crippen molar-refractivity contribution in [1.29, 1.82) is 0 Å². The number of rotatable bonds is 6. The molecule has 0 aliphatic rings. The number of aryl methyl sites for hydroxylation is 3. The summed E-state index contributed by atoms with van der Waals surface area (Å²) in [4.78, 5) is 4.37. The second-order valence-electron chi connectivity index (χ2n) is 5.91. The number of nitrogens with zero attached hydrogens (tertiary/aromatic N) is 1. The lowest BCUT2D eigenvalue weighted by molar-refractivity contribution is 0.272. The van der Waals surface area contributed by atoms with Crippen molar-refractivity contribution >= 4 is 40.5 Å². The predicted molar refractivity (Wildman–Crippen MR) is 105 cm³/mol. The Balaban J connectivity index is 2.48. The average molecular weight is 404 g/mol. The first kappa shape index (κ1) is 20.1. The molecule has 2 aromatic rings. The Bertz CT molecular complexity index is 754. The lowest BCUT2D eigenvalue weighted by Gasteiger charge is -2.20. The molecule has 1 unspecified atom stereocenters. The molecule has 0 fully saturated rings. The number of aliphatic hydroxyl groups excluding tert-OH is 1. The van der Waals surface area contributed by atoms with Gasteiger partial charge in [-0.15, -0.1) is 0 Å². The highest BCUT2D eigenvalue weighted by molar-refractivity contribution is 6.40. The average Bonchev–Trinajstić information content (AvgIpc) is 2.55. The molecule has 7 heteroatoms. The molecule has 0 aliphatic heterocycles. The first-order chi connectivity index (χ1) is 11.8. The number of hydrogen-bond acceptors (Lipinski definition) is 4. The fraction of sp³-hybridized carbons (Fsp3) is 0.389. The predicted octanol–water partition coefficient (Wildman–Crippen LogP) is 5.94. The quantitative estimate of drug-likeness (QED) is 0.626. The largest absolute Gasteiger partial charge is 0.437 e. The maximum absolute atomic E-state index is 9.43. The number of aliphatic hydroxyl groups is 1. The number of hydrogen-bond donors (Lipinski definition) is 2. The zero-order valence-corrected chi connectivity index (χ0v) is 16.9. The summed E-state index contributed by atoms with van der Waals surface area (Å²) in [5.41, 5.74) is 2.86. The molecular formula is C18H21Cl3N2O2. The van der Waals surface area contributed by atoms with Crippen LogP contribution in [-0.2, 0) is 0 Å². The van der Waals surface area contributed by atoms with Crippen LogP contribution in [0, 0.1) is 20.8 Å². The van der Waals surface area contributed by atoms with Crippen molar-refractivity contribution in [2.24, 2.45) is 0 Å². The Hall–Kier alpha value is -1.20. The highest BCUT2D eigenvalue weighted by atomic mass is 35.5. The molecule has 1 aromatic heterocycles. The van der Waals surface area contributed by atoms with Crippen LogP contribution in [0.25, 0.3) is 0 Å². The number of aromatic nitrogens is 1. The first-order valence-corrected chi connectivity index (χ1v) is 9.09. The first-order valence-electron chi connectivity index (χ1n) is 7.96. The van der Waals surface area contributed by atoms with E-state index in [1.54, 1.807) is 6.92 Å². The Morgan fingerprint density at radius 3 is 2.24 bits per heavy atom. The van der Waals surface area contributed by atoms with Crippen molar-refractivity contribution in [2.45, 2.75) is 40.2 Å². The van der Waals surface area contributed by atoms with E-state index in [2.05, 4.69) is 10.3 Å². The van der Waals surface area contributed by atoms with Crippen molar-refractivity contribution in [3.63, 3.8) is 0 Å². The fourth-order valence-electron chi connectivity index (χ4n) is 2.47. The molecule has 0 saturated carbocycles. The molecule has 0 spiro atoms. The van der Waals surface area contributed by atoms with Crippen LogP contribution in [0.1, 0.15) is 30.2 Å². The van der Waals surface area contributed by atoms with Gasteiger partial charge in [0.15, 0.2) is 0 Å². The van der Waals surface area contributed by atoms with Gasteiger partial charge in [0, 0.05) is 11.1 Å². The zero-order valence-electron chi connectivity index (χ0n) is 14.6. The number of ether oxygens (including phenoxy) is 1. The van der Waals surface area contributed by atoms with Crippen molar-refractivity contribution < 1.29 is 9.84 Å².